The molecule has 2 aliphatic carbocycles. The van der Waals surface area contributed by atoms with Gasteiger partial charge in [-0.25, -0.2) is 9.97 Å². The quantitative estimate of drug-likeness (QED) is 0.172. The molecule has 4 nitrogen and oxygen atoms in total. The van der Waals surface area contributed by atoms with Crippen LogP contribution in [0.25, 0.3) is 78.4 Å². The Bertz CT molecular complexity index is 2780. The van der Waals surface area contributed by atoms with Crippen LogP contribution in [0, 0.1) is 11.3 Å². The number of benzene rings is 6. The van der Waals surface area contributed by atoms with Gasteiger partial charge in [0, 0.05) is 34.5 Å². The minimum absolute atomic E-state index is 0.0197. The van der Waals surface area contributed by atoms with Crippen molar-refractivity contribution in [1.29, 1.82) is 5.26 Å². The molecule has 2 aromatic heterocycles. The molecule has 0 amide bonds. The fourth-order valence-corrected chi connectivity index (χ4v) is 9.10. The van der Waals surface area contributed by atoms with Crippen molar-refractivity contribution in [3.8, 4) is 84.5 Å². The standard InChI is InChI=1S/C52H38N4/c53-33-35-20-25-45-47(29-35)52(26-5-2-6-27-52)46-19-9-18-44(50(45)46)41-15-7-13-39(30-41)40-14-8-16-42(31-40)49-32-48(55-51(56-49)38-11-3-1-4-12-38)37-23-21-36(22-24-37)43-17-10-28-54-34-43/h1,3-4,7-25,28-32,34H,2,5-6,26-27H2. The van der Waals surface area contributed by atoms with Crippen LogP contribution in [0.15, 0.2) is 170 Å². The van der Waals surface area contributed by atoms with E-state index in [4.69, 9.17) is 9.97 Å². The van der Waals surface area contributed by atoms with Gasteiger partial charge < -0.3 is 0 Å². The van der Waals surface area contributed by atoms with Crippen LogP contribution in [0.4, 0.5) is 0 Å². The summed E-state index contributed by atoms with van der Waals surface area (Å²) >= 11 is 0. The van der Waals surface area contributed by atoms with Crippen LogP contribution < -0.4 is 0 Å². The molecule has 0 unspecified atom stereocenters. The molecule has 1 spiro atoms. The van der Waals surface area contributed by atoms with Gasteiger partial charge in [0.05, 0.1) is 23.0 Å². The number of rotatable bonds is 6. The van der Waals surface area contributed by atoms with E-state index in [1.54, 1.807) is 6.20 Å². The van der Waals surface area contributed by atoms with E-state index in [1.165, 1.54) is 52.6 Å². The zero-order valence-electron chi connectivity index (χ0n) is 31.0. The normalized spacial score (nSPS) is 13.8. The number of hydrogen-bond donors (Lipinski definition) is 0. The molecule has 0 saturated heterocycles. The molecule has 1 saturated carbocycles. The fourth-order valence-electron chi connectivity index (χ4n) is 9.10. The summed E-state index contributed by atoms with van der Waals surface area (Å²) in [6.07, 6.45) is 9.64. The van der Waals surface area contributed by atoms with Gasteiger partial charge in [0.15, 0.2) is 5.82 Å². The van der Waals surface area contributed by atoms with Gasteiger partial charge in [-0.1, -0.05) is 141 Å². The fraction of sp³-hybridized carbons (Fsp3) is 0.115. The third-order valence-corrected chi connectivity index (χ3v) is 11.8. The summed E-state index contributed by atoms with van der Waals surface area (Å²) in [5.74, 6) is 0.692. The van der Waals surface area contributed by atoms with E-state index in [1.807, 2.05) is 36.5 Å². The second-order valence-corrected chi connectivity index (χ2v) is 15.1. The lowest BCUT2D eigenvalue weighted by molar-refractivity contribution is 0.353. The highest BCUT2D eigenvalue weighted by atomic mass is 14.9. The van der Waals surface area contributed by atoms with E-state index in [9.17, 15) is 5.26 Å². The van der Waals surface area contributed by atoms with Gasteiger partial charge in [-0.2, -0.15) is 5.26 Å². The Morgan fingerprint density at radius 3 is 1.88 bits per heavy atom. The summed E-state index contributed by atoms with van der Waals surface area (Å²) in [5, 5.41) is 9.85. The predicted octanol–water partition coefficient (Wildman–Crippen LogP) is 13.0. The lowest BCUT2D eigenvalue weighted by Gasteiger charge is -2.36. The van der Waals surface area contributed by atoms with Crippen molar-refractivity contribution in [3.05, 3.63) is 187 Å². The monoisotopic (exact) mass is 718 g/mol. The minimum atomic E-state index is -0.0197. The summed E-state index contributed by atoms with van der Waals surface area (Å²) in [4.78, 5) is 14.5. The largest absolute Gasteiger partial charge is 0.264 e. The molecule has 0 aliphatic heterocycles. The Labute approximate surface area is 327 Å². The van der Waals surface area contributed by atoms with E-state index in [0.29, 0.717) is 5.82 Å². The molecular formula is C52H38N4. The van der Waals surface area contributed by atoms with Gasteiger partial charge in [0.25, 0.3) is 0 Å². The van der Waals surface area contributed by atoms with Crippen LogP contribution in [0.5, 0.6) is 0 Å². The Kier molecular flexibility index (Phi) is 8.42. The minimum Gasteiger partial charge on any atom is -0.264 e. The van der Waals surface area contributed by atoms with E-state index >= 15 is 0 Å². The molecule has 266 valence electrons. The first-order valence-corrected chi connectivity index (χ1v) is 19.5. The van der Waals surface area contributed by atoms with Gasteiger partial charge in [-0.3, -0.25) is 4.98 Å². The Balaban J connectivity index is 1.04. The van der Waals surface area contributed by atoms with Crippen LogP contribution >= 0.6 is 0 Å². The molecule has 0 bridgehead atoms. The van der Waals surface area contributed by atoms with Crippen LogP contribution in [0.1, 0.15) is 48.8 Å². The Morgan fingerprint density at radius 2 is 1.12 bits per heavy atom. The smallest absolute Gasteiger partial charge is 0.160 e. The van der Waals surface area contributed by atoms with Crippen molar-refractivity contribution < 1.29 is 0 Å². The molecule has 0 N–H and O–H groups in total. The van der Waals surface area contributed by atoms with Crippen molar-refractivity contribution in [3.63, 3.8) is 0 Å². The van der Waals surface area contributed by atoms with E-state index in [0.717, 1.165) is 68.7 Å². The second kappa shape index (κ2) is 14.0. The highest BCUT2D eigenvalue weighted by Gasteiger charge is 2.44. The topological polar surface area (TPSA) is 62.5 Å². The van der Waals surface area contributed by atoms with Gasteiger partial charge in [-0.05, 0) is 105 Å². The highest BCUT2D eigenvalue weighted by Crippen LogP contribution is 2.58. The van der Waals surface area contributed by atoms with Crippen molar-refractivity contribution in [2.24, 2.45) is 0 Å². The van der Waals surface area contributed by atoms with E-state index in [-0.39, 0.29) is 5.41 Å². The number of hydrogen-bond acceptors (Lipinski definition) is 4. The summed E-state index contributed by atoms with van der Waals surface area (Å²) in [6.45, 7) is 0. The molecule has 8 aromatic rings. The number of aromatic nitrogens is 3. The zero-order valence-corrected chi connectivity index (χ0v) is 31.0. The van der Waals surface area contributed by atoms with Crippen molar-refractivity contribution in [2.45, 2.75) is 37.5 Å². The van der Waals surface area contributed by atoms with Crippen molar-refractivity contribution in [2.75, 3.05) is 0 Å². The third kappa shape index (κ3) is 5.90. The summed E-state index contributed by atoms with van der Waals surface area (Å²) in [6, 6.07) is 58.1. The van der Waals surface area contributed by atoms with Crippen LogP contribution in [-0.4, -0.2) is 15.0 Å². The lowest BCUT2D eigenvalue weighted by Crippen LogP contribution is -2.28. The molecule has 0 radical (unpaired) electrons. The number of pyridine rings is 1. The summed E-state index contributed by atoms with van der Waals surface area (Å²) in [7, 11) is 0. The van der Waals surface area contributed by atoms with Crippen LogP contribution in [0.2, 0.25) is 0 Å². The van der Waals surface area contributed by atoms with Gasteiger partial charge >= 0.3 is 0 Å². The molecule has 10 rings (SSSR count). The first kappa shape index (κ1) is 33.6. The molecule has 2 heterocycles. The third-order valence-electron chi connectivity index (χ3n) is 11.8. The summed E-state index contributed by atoms with van der Waals surface area (Å²) < 4.78 is 0. The lowest BCUT2D eigenvalue weighted by atomic mass is 9.67. The average Bonchev–Trinajstić information content (AvgIpc) is 3.55. The first-order chi connectivity index (χ1) is 27.7. The molecule has 0 atom stereocenters. The van der Waals surface area contributed by atoms with Gasteiger partial charge in [0.2, 0.25) is 0 Å². The van der Waals surface area contributed by atoms with Crippen molar-refractivity contribution in [1.82, 2.24) is 15.0 Å². The molecule has 1 fully saturated rings. The maximum atomic E-state index is 9.85. The highest BCUT2D eigenvalue weighted by molar-refractivity contribution is 5.94. The van der Waals surface area contributed by atoms with Crippen LogP contribution in [-0.2, 0) is 5.41 Å². The first-order valence-electron chi connectivity index (χ1n) is 19.5. The summed E-state index contributed by atoms with van der Waals surface area (Å²) in [5.41, 5.74) is 17.8. The Morgan fingerprint density at radius 1 is 0.464 bits per heavy atom. The van der Waals surface area contributed by atoms with Crippen LogP contribution in [0.3, 0.4) is 0 Å². The molecule has 4 heteroatoms. The number of fused-ring (bicyclic) bond motifs is 5. The number of nitrogens with zero attached hydrogens (tertiary/aromatic N) is 4. The maximum absolute atomic E-state index is 9.85. The second-order valence-electron chi connectivity index (χ2n) is 15.1. The zero-order chi connectivity index (χ0) is 37.5. The number of nitriles is 1. The van der Waals surface area contributed by atoms with Gasteiger partial charge in [-0.15, -0.1) is 0 Å². The van der Waals surface area contributed by atoms with E-state index in [2.05, 4.69) is 138 Å². The van der Waals surface area contributed by atoms with E-state index < -0.39 is 0 Å². The molecule has 6 aromatic carbocycles. The Hall–Kier alpha value is -6.96. The molecular weight excluding hydrogens is 681 g/mol. The predicted molar refractivity (Wildman–Crippen MR) is 226 cm³/mol. The molecule has 2 aliphatic rings. The maximum Gasteiger partial charge on any atom is 0.160 e. The van der Waals surface area contributed by atoms with Crippen molar-refractivity contribution >= 4 is 0 Å². The van der Waals surface area contributed by atoms with Gasteiger partial charge in [0.1, 0.15) is 0 Å². The molecule has 56 heavy (non-hydrogen) atoms. The SMILES string of the molecule is N#Cc1ccc2c(c1)C1(CCCCC1)c1cccc(-c3cccc(-c4cccc(-c5cc(-c6ccc(-c7cccnc7)cc6)nc(-c6ccccc6)n5)c4)c3)c1-2. The average molecular weight is 719 g/mol.